The molecule has 100 valence electrons. The Morgan fingerprint density at radius 1 is 0.900 bits per heavy atom. The van der Waals surface area contributed by atoms with Crippen LogP contribution in [0.4, 0.5) is 10.1 Å². The molecule has 0 unspecified atom stereocenters. The molecule has 0 fully saturated rings. The van der Waals surface area contributed by atoms with Crippen LogP contribution in [-0.2, 0) is 6.54 Å². The number of thiophene rings is 1. The first kappa shape index (κ1) is 12.9. The fraction of sp³-hybridized carbons (Fsp3) is 0.0588. The van der Waals surface area contributed by atoms with Crippen LogP contribution in [0, 0.1) is 5.82 Å². The molecule has 0 spiro atoms. The minimum atomic E-state index is -0.215. The molecular weight excluding hydrogens is 269 g/mol. The molecule has 0 amide bonds. The van der Waals surface area contributed by atoms with Gasteiger partial charge in [0.25, 0.3) is 0 Å². The molecule has 1 nitrogen and oxygen atoms in total. The molecule has 0 aliphatic carbocycles. The maximum Gasteiger partial charge on any atom is 0.146 e. The van der Waals surface area contributed by atoms with Crippen LogP contribution in [0.15, 0.2) is 66.0 Å². The largest absolute Gasteiger partial charge is 0.378 e. The van der Waals surface area contributed by atoms with E-state index in [9.17, 15) is 4.39 Å². The lowest BCUT2D eigenvalue weighted by molar-refractivity contribution is 0.630. The van der Waals surface area contributed by atoms with Gasteiger partial charge < -0.3 is 5.32 Å². The average molecular weight is 283 g/mol. The number of benzene rings is 2. The van der Waals surface area contributed by atoms with Gasteiger partial charge in [0, 0.05) is 11.4 Å². The maximum absolute atomic E-state index is 13.5. The molecular formula is C17H14FNS. The summed E-state index contributed by atoms with van der Waals surface area (Å²) >= 11 is 1.68. The summed E-state index contributed by atoms with van der Waals surface area (Å²) in [5.74, 6) is -0.215. The number of anilines is 1. The topological polar surface area (TPSA) is 12.0 Å². The van der Waals surface area contributed by atoms with E-state index in [1.807, 2.05) is 24.3 Å². The van der Waals surface area contributed by atoms with Crippen LogP contribution in [0.25, 0.3) is 11.1 Å². The van der Waals surface area contributed by atoms with E-state index >= 15 is 0 Å². The second-order valence-electron chi connectivity index (χ2n) is 4.50. The average Bonchev–Trinajstić information content (AvgIpc) is 2.96. The summed E-state index contributed by atoms with van der Waals surface area (Å²) in [7, 11) is 0. The van der Waals surface area contributed by atoms with Crippen molar-refractivity contribution in [3.8, 4) is 11.1 Å². The highest BCUT2D eigenvalue weighted by Gasteiger charge is 2.04. The van der Waals surface area contributed by atoms with Crippen molar-refractivity contribution in [1.82, 2.24) is 0 Å². The number of hydrogen-bond donors (Lipinski definition) is 1. The molecule has 3 aromatic rings. The van der Waals surface area contributed by atoms with E-state index < -0.39 is 0 Å². The molecule has 0 saturated heterocycles. The number of nitrogens with one attached hydrogen (secondary N) is 1. The van der Waals surface area contributed by atoms with Crippen LogP contribution in [0.3, 0.4) is 0 Å². The van der Waals surface area contributed by atoms with Crippen molar-refractivity contribution < 1.29 is 4.39 Å². The summed E-state index contributed by atoms with van der Waals surface area (Å²) in [6, 6.07) is 19.1. The van der Waals surface area contributed by atoms with Gasteiger partial charge in [0.15, 0.2) is 0 Å². The maximum atomic E-state index is 13.5. The van der Waals surface area contributed by atoms with Crippen molar-refractivity contribution in [1.29, 1.82) is 0 Å². The van der Waals surface area contributed by atoms with Crippen LogP contribution in [0.5, 0.6) is 0 Å². The zero-order valence-electron chi connectivity index (χ0n) is 10.8. The second kappa shape index (κ2) is 5.88. The Morgan fingerprint density at radius 3 is 2.45 bits per heavy atom. The Morgan fingerprint density at radius 2 is 1.65 bits per heavy atom. The second-order valence-corrected chi connectivity index (χ2v) is 5.50. The van der Waals surface area contributed by atoms with E-state index in [-0.39, 0.29) is 5.82 Å². The Hall–Kier alpha value is -2.13. The van der Waals surface area contributed by atoms with Gasteiger partial charge in [-0.05, 0) is 34.7 Å². The van der Waals surface area contributed by atoms with Gasteiger partial charge in [-0.2, -0.15) is 0 Å². The van der Waals surface area contributed by atoms with E-state index in [1.165, 1.54) is 22.1 Å². The van der Waals surface area contributed by atoms with Crippen molar-refractivity contribution in [3.05, 3.63) is 76.7 Å². The van der Waals surface area contributed by atoms with Gasteiger partial charge in [0.1, 0.15) is 5.82 Å². The van der Waals surface area contributed by atoms with Gasteiger partial charge in [0.2, 0.25) is 0 Å². The third-order valence-corrected chi connectivity index (χ3v) is 4.02. The predicted octanol–water partition coefficient (Wildman–Crippen LogP) is 5.17. The van der Waals surface area contributed by atoms with E-state index in [2.05, 4.69) is 28.9 Å². The van der Waals surface area contributed by atoms with Crippen molar-refractivity contribution in [2.75, 3.05) is 5.32 Å². The minimum Gasteiger partial charge on any atom is -0.378 e. The smallest absolute Gasteiger partial charge is 0.146 e. The standard InChI is InChI=1S/C17H14FNS/c18-16-8-4-5-9-17(16)19-11-15-10-14(12-20-15)13-6-2-1-3-7-13/h1-10,12,19H,11H2. The first-order chi connectivity index (χ1) is 9.83. The number of hydrogen-bond acceptors (Lipinski definition) is 2. The van der Waals surface area contributed by atoms with Gasteiger partial charge >= 0.3 is 0 Å². The summed E-state index contributed by atoms with van der Waals surface area (Å²) in [5.41, 5.74) is 2.96. The Balaban J connectivity index is 1.71. The molecule has 0 bridgehead atoms. The van der Waals surface area contributed by atoms with E-state index in [4.69, 9.17) is 0 Å². The number of halogens is 1. The van der Waals surface area contributed by atoms with Crippen molar-refractivity contribution in [3.63, 3.8) is 0 Å². The molecule has 0 aliphatic heterocycles. The minimum absolute atomic E-state index is 0.215. The van der Waals surface area contributed by atoms with Crippen molar-refractivity contribution in [2.24, 2.45) is 0 Å². The molecule has 3 rings (SSSR count). The van der Waals surface area contributed by atoms with Crippen molar-refractivity contribution in [2.45, 2.75) is 6.54 Å². The predicted molar refractivity (Wildman–Crippen MR) is 83.5 cm³/mol. The normalized spacial score (nSPS) is 10.4. The fourth-order valence-corrected chi connectivity index (χ4v) is 2.88. The first-order valence-corrected chi connectivity index (χ1v) is 7.32. The zero-order valence-corrected chi connectivity index (χ0v) is 11.7. The lowest BCUT2D eigenvalue weighted by atomic mass is 10.1. The Labute approximate surface area is 121 Å². The zero-order chi connectivity index (χ0) is 13.8. The highest BCUT2D eigenvalue weighted by atomic mass is 32.1. The molecule has 20 heavy (non-hydrogen) atoms. The highest BCUT2D eigenvalue weighted by Crippen LogP contribution is 2.26. The van der Waals surface area contributed by atoms with Gasteiger partial charge in [-0.3, -0.25) is 0 Å². The molecule has 1 N–H and O–H groups in total. The lowest BCUT2D eigenvalue weighted by Gasteiger charge is -2.05. The molecule has 0 saturated carbocycles. The monoisotopic (exact) mass is 283 g/mol. The highest BCUT2D eigenvalue weighted by molar-refractivity contribution is 7.10. The fourth-order valence-electron chi connectivity index (χ4n) is 2.04. The van der Waals surface area contributed by atoms with Gasteiger partial charge in [-0.15, -0.1) is 11.3 Å². The summed E-state index contributed by atoms with van der Waals surface area (Å²) < 4.78 is 13.5. The summed E-state index contributed by atoms with van der Waals surface area (Å²) in [6.45, 7) is 0.637. The Bertz CT molecular complexity index is 691. The summed E-state index contributed by atoms with van der Waals surface area (Å²) in [4.78, 5) is 1.19. The number of rotatable bonds is 4. The van der Waals surface area contributed by atoms with Gasteiger partial charge in [-0.25, -0.2) is 4.39 Å². The van der Waals surface area contributed by atoms with Crippen LogP contribution < -0.4 is 5.32 Å². The van der Waals surface area contributed by atoms with Crippen LogP contribution >= 0.6 is 11.3 Å². The number of para-hydroxylation sites is 1. The van der Waals surface area contributed by atoms with Gasteiger partial charge in [0.05, 0.1) is 5.69 Å². The van der Waals surface area contributed by atoms with Crippen LogP contribution in [-0.4, -0.2) is 0 Å². The van der Waals surface area contributed by atoms with Crippen LogP contribution in [0.2, 0.25) is 0 Å². The van der Waals surface area contributed by atoms with E-state index in [0.29, 0.717) is 12.2 Å². The third-order valence-electron chi connectivity index (χ3n) is 3.09. The SMILES string of the molecule is Fc1ccccc1NCc1cc(-c2ccccc2)cs1. The van der Waals surface area contributed by atoms with E-state index in [1.54, 1.807) is 23.5 Å². The molecule has 3 heteroatoms. The molecule has 2 aromatic carbocycles. The molecule has 0 atom stereocenters. The lowest BCUT2D eigenvalue weighted by Crippen LogP contribution is -1.99. The summed E-state index contributed by atoms with van der Waals surface area (Å²) in [5, 5.41) is 5.26. The third kappa shape index (κ3) is 2.89. The quantitative estimate of drug-likeness (QED) is 0.697. The molecule has 0 aliphatic rings. The Kier molecular flexibility index (Phi) is 3.79. The molecule has 1 heterocycles. The first-order valence-electron chi connectivity index (χ1n) is 6.44. The molecule has 0 radical (unpaired) electrons. The summed E-state index contributed by atoms with van der Waals surface area (Å²) in [6.07, 6.45) is 0. The molecule has 1 aromatic heterocycles. The van der Waals surface area contributed by atoms with Gasteiger partial charge in [-0.1, -0.05) is 42.5 Å². The van der Waals surface area contributed by atoms with Crippen molar-refractivity contribution >= 4 is 17.0 Å². The van der Waals surface area contributed by atoms with E-state index in [0.717, 1.165) is 0 Å². The van der Waals surface area contributed by atoms with Crippen LogP contribution in [0.1, 0.15) is 4.88 Å².